The van der Waals surface area contributed by atoms with Crippen LogP contribution in [-0.4, -0.2) is 48.8 Å². The van der Waals surface area contributed by atoms with Gasteiger partial charge in [-0.05, 0) is 37.5 Å². The second-order valence-corrected chi connectivity index (χ2v) is 6.61. The SMILES string of the molecule is Cc1ncc(-c2ccncc2)c(C2CCN(C(=O)c3cnccn3)CC2)n1. The van der Waals surface area contributed by atoms with Crippen LogP contribution in [-0.2, 0) is 0 Å². The number of amides is 1. The first-order chi connectivity index (χ1) is 13.2. The summed E-state index contributed by atoms with van der Waals surface area (Å²) in [6, 6.07) is 3.95. The van der Waals surface area contributed by atoms with Crippen molar-refractivity contribution in [3.63, 3.8) is 0 Å². The summed E-state index contributed by atoms with van der Waals surface area (Å²) < 4.78 is 0. The van der Waals surface area contributed by atoms with Gasteiger partial charge in [-0.3, -0.25) is 14.8 Å². The van der Waals surface area contributed by atoms with Crippen LogP contribution in [0.4, 0.5) is 0 Å². The van der Waals surface area contributed by atoms with Crippen molar-refractivity contribution < 1.29 is 4.79 Å². The second kappa shape index (κ2) is 7.57. The smallest absolute Gasteiger partial charge is 0.274 e. The monoisotopic (exact) mass is 360 g/mol. The lowest BCUT2D eigenvalue weighted by Gasteiger charge is -2.32. The summed E-state index contributed by atoms with van der Waals surface area (Å²) in [6.45, 7) is 3.27. The Balaban J connectivity index is 1.53. The molecule has 3 aromatic heterocycles. The summed E-state index contributed by atoms with van der Waals surface area (Å²) >= 11 is 0. The molecule has 1 fully saturated rings. The van der Waals surface area contributed by atoms with Crippen molar-refractivity contribution in [3.05, 3.63) is 66.5 Å². The minimum Gasteiger partial charge on any atom is -0.337 e. The van der Waals surface area contributed by atoms with Gasteiger partial charge in [0, 0.05) is 55.6 Å². The van der Waals surface area contributed by atoms with E-state index in [1.54, 1.807) is 24.8 Å². The van der Waals surface area contributed by atoms with Crippen LogP contribution < -0.4 is 0 Å². The predicted molar refractivity (Wildman–Crippen MR) is 99.9 cm³/mol. The van der Waals surface area contributed by atoms with Crippen molar-refractivity contribution in [1.82, 2.24) is 29.8 Å². The fourth-order valence-corrected chi connectivity index (χ4v) is 3.48. The zero-order valence-corrected chi connectivity index (χ0v) is 15.1. The lowest BCUT2D eigenvalue weighted by atomic mass is 9.89. The van der Waals surface area contributed by atoms with Gasteiger partial charge in [-0.25, -0.2) is 15.0 Å². The normalized spacial score (nSPS) is 14.9. The summed E-state index contributed by atoms with van der Waals surface area (Å²) in [7, 11) is 0. The van der Waals surface area contributed by atoms with E-state index >= 15 is 0 Å². The number of pyridine rings is 1. The number of rotatable bonds is 3. The zero-order chi connectivity index (χ0) is 18.6. The number of aryl methyl sites for hydroxylation is 1. The molecule has 0 aromatic carbocycles. The number of hydrogen-bond acceptors (Lipinski definition) is 6. The largest absolute Gasteiger partial charge is 0.337 e. The summed E-state index contributed by atoms with van der Waals surface area (Å²) in [4.78, 5) is 35.7. The summed E-state index contributed by atoms with van der Waals surface area (Å²) in [5, 5.41) is 0. The molecule has 27 heavy (non-hydrogen) atoms. The number of aromatic nitrogens is 5. The quantitative estimate of drug-likeness (QED) is 0.714. The summed E-state index contributed by atoms with van der Waals surface area (Å²) in [6.07, 6.45) is 11.8. The maximum Gasteiger partial charge on any atom is 0.274 e. The van der Waals surface area contributed by atoms with E-state index in [9.17, 15) is 4.79 Å². The Bertz CT molecular complexity index is 924. The van der Waals surface area contributed by atoms with Crippen molar-refractivity contribution in [3.8, 4) is 11.1 Å². The topological polar surface area (TPSA) is 84.8 Å². The molecule has 7 nitrogen and oxygen atoms in total. The maximum atomic E-state index is 12.6. The van der Waals surface area contributed by atoms with E-state index in [0.717, 1.165) is 35.5 Å². The first-order valence-corrected chi connectivity index (χ1v) is 9.01. The Morgan fingerprint density at radius 3 is 2.48 bits per heavy atom. The first-order valence-electron chi connectivity index (χ1n) is 9.01. The van der Waals surface area contributed by atoms with Gasteiger partial charge in [-0.15, -0.1) is 0 Å². The summed E-state index contributed by atoms with van der Waals surface area (Å²) in [5.41, 5.74) is 3.56. The molecular formula is C20H20N6O. The predicted octanol–water partition coefficient (Wildman–Crippen LogP) is 2.66. The minimum atomic E-state index is -0.0604. The molecular weight excluding hydrogens is 340 g/mol. The molecule has 1 saturated heterocycles. The van der Waals surface area contributed by atoms with Gasteiger partial charge in [0.1, 0.15) is 11.5 Å². The van der Waals surface area contributed by atoms with Gasteiger partial charge in [-0.1, -0.05) is 0 Å². The Kier molecular flexibility index (Phi) is 4.82. The third kappa shape index (κ3) is 3.67. The molecule has 136 valence electrons. The van der Waals surface area contributed by atoms with Crippen molar-refractivity contribution in [2.75, 3.05) is 13.1 Å². The van der Waals surface area contributed by atoms with E-state index in [0.29, 0.717) is 24.7 Å². The van der Waals surface area contributed by atoms with Crippen LogP contribution in [0.25, 0.3) is 11.1 Å². The molecule has 0 unspecified atom stereocenters. The molecule has 0 bridgehead atoms. The van der Waals surface area contributed by atoms with E-state index in [-0.39, 0.29) is 5.91 Å². The van der Waals surface area contributed by atoms with Crippen LogP contribution in [0, 0.1) is 6.92 Å². The van der Waals surface area contributed by atoms with Gasteiger partial charge >= 0.3 is 0 Å². The number of nitrogens with zero attached hydrogens (tertiary/aromatic N) is 6. The van der Waals surface area contributed by atoms with E-state index in [1.165, 1.54) is 6.20 Å². The highest BCUT2D eigenvalue weighted by Crippen LogP contribution is 2.33. The van der Waals surface area contributed by atoms with Crippen LogP contribution in [0.2, 0.25) is 0 Å². The van der Waals surface area contributed by atoms with Gasteiger partial charge in [-0.2, -0.15) is 0 Å². The molecule has 0 spiro atoms. The molecule has 0 radical (unpaired) electrons. The Hall–Kier alpha value is -3.22. The van der Waals surface area contributed by atoms with Crippen LogP contribution in [0.5, 0.6) is 0 Å². The number of likely N-dealkylation sites (tertiary alicyclic amines) is 1. The maximum absolute atomic E-state index is 12.6. The third-order valence-electron chi connectivity index (χ3n) is 4.88. The number of carbonyl (C=O) groups excluding carboxylic acids is 1. The fraction of sp³-hybridized carbons (Fsp3) is 0.300. The van der Waals surface area contributed by atoms with Crippen LogP contribution in [0.1, 0.15) is 40.8 Å². The first kappa shape index (κ1) is 17.2. The standard InChI is InChI=1S/C20H20N6O/c1-14-24-12-17(15-2-6-21-7-3-15)19(25-14)16-4-10-26(11-5-16)20(27)18-13-22-8-9-23-18/h2-3,6-9,12-13,16H,4-5,10-11H2,1H3. The number of hydrogen-bond donors (Lipinski definition) is 0. The molecule has 1 aliphatic heterocycles. The van der Waals surface area contributed by atoms with E-state index < -0.39 is 0 Å². The molecule has 0 atom stereocenters. The molecule has 7 heteroatoms. The van der Waals surface area contributed by atoms with Gasteiger partial charge in [0.05, 0.1) is 11.9 Å². The lowest BCUT2D eigenvalue weighted by Crippen LogP contribution is -2.38. The molecule has 0 aliphatic carbocycles. The Morgan fingerprint density at radius 1 is 1.00 bits per heavy atom. The highest BCUT2D eigenvalue weighted by molar-refractivity contribution is 5.92. The summed E-state index contributed by atoms with van der Waals surface area (Å²) in [5.74, 6) is 0.997. The minimum absolute atomic E-state index is 0.0604. The molecule has 4 heterocycles. The third-order valence-corrected chi connectivity index (χ3v) is 4.88. The Labute approximate surface area is 157 Å². The molecule has 0 saturated carbocycles. The second-order valence-electron chi connectivity index (χ2n) is 6.61. The van der Waals surface area contributed by atoms with Gasteiger partial charge < -0.3 is 4.90 Å². The van der Waals surface area contributed by atoms with Crippen LogP contribution in [0.15, 0.2) is 49.3 Å². The van der Waals surface area contributed by atoms with Crippen molar-refractivity contribution >= 4 is 5.91 Å². The zero-order valence-electron chi connectivity index (χ0n) is 15.1. The van der Waals surface area contributed by atoms with Crippen molar-refractivity contribution in [1.29, 1.82) is 0 Å². The Morgan fingerprint density at radius 2 is 1.78 bits per heavy atom. The highest BCUT2D eigenvalue weighted by Gasteiger charge is 2.28. The highest BCUT2D eigenvalue weighted by atomic mass is 16.2. The lowest BCUT2D eigenvalue weighted by molar-refractivity contribution is 0.0705. The van der Waals surface area contributed by atoms with Crippen molar-refractivity contribution in [2.24, 2.45) is 0 Å². The number of carbonyl (C=O) groups is 1. The molecule has 1 aliphatic rings. The number of piperidine rings is 1. The fourth-order valence-electron chi connectivity index (χ4n) is 3.48. The molecule has 4 rings (SSSR count). The van der Waals surface area contributed by atoms with E-state index in [1.807, 2.05) is 30.2 Å². The average Bonchev–Trinajstić information content (AvgIpc) is 2.74. The van der Waals surface area contributed by atoms with Crippen LogP contribution in [0.3, 0.4) is 0 Å². The molecule has 3 aromatic rings. The molecule has 0 N–H and O–H groups in total. The van der Waals surface area contributed by atoms with E-state index in [4.69, 9.17) is 4.98 Å². The molecule has 1 amide bonds. The van der Waals surface area contributed by atoms with Gasteiger partial charge in [0.25, 0.3) is 5.91 Å². The van der Waals surface area contributed by atoms with Crippen molar-refractivity contribution in [2.45, 2.75) is 25.7 Å². The van der Waals surface area contributed by atoms with Gasteiger partial charge in [0.15, 0.2) is 0 Å². The van der Waals surface area contributed by atoms with Gasteiger partial charge in [0.2, 0.25) is 0 Å². The average molecular weight is 360 g/mol. The van der Waals surface area contributed by atoms with Crippen LogP contribution >= 0.6 is 0 Å². The van der Waals surface area contributed by atoms with E-state index in [2.05, 4.69) is 19.9 Å².